The third kappa shape index (κ3) is 4.38. The number of rotatable bonds is 4. The molecule has 0 spiro atoms. The molecule has 0 aliphatic carbocycles. The van der Waals surface area contributed by atoms with Crippen molar-refractivity contribution in [3.05, 3.63) is 76.3 Å². The van der Waals surface area contributed by atoms with E-state index in [1.807, 2.05) is 54.6 Å². The van der Waals surface area contributed by atoms with E-state index < -0.39 is 0 Å². The fraction of sp³-hybridized carbons (Fsp3) is 0.0625. The first-order valence-corrected chi connectivity index (χ1v) is 6.80. The van der Waals surface area contributed by atoms with Crippen molar-refractivity contribution in [1.29, 1.82) is 0 Å². The first-order chi connectivity index (χ1) is 9.25. The van der Waals surface area contributed by atoms with Gasteiger partial charge in [0.2, 0.25) is 0 Å². The van der Waals surface area contributed by atoms with E-state index in [4.69, 9.17) is 0 Å². The number of hydrogen-bond donors (Lipinski definition) is 1. The van der Waals surface area contributed by atoms with E-state index in [0.717, 1.165) is 10.0 Å². The molecule has 0 bridgehead atoms. The van der Waals surface area contributed by atoms with Gasteiger partial charge in [0.25, 0.3) is 5.91 Å². The monoisotopic (exact) mass is 315 g/mol. The first kappa shape index (κ1) is 13.6. The Morgan fingerprint density at radius 3 is 2.42 bits per heavy atom. The van der Waals surface area contributed by atoms with E-state index in [1.165, 1.54) is 0 Å². The van der Waals surface area contributed by atoms with E-state index >= 15 is 0 Å². The summed E-state index contributed by atoms with van der Waals surface area (Å²) in [5.74, 6) is -0.0646. The van der Waals surface area contributed by atoms with Crippen molar-refractivity contribution in [3.8, 4) is 0 Å². The Morgan fingerprint density at radius 1 is 1.05 bits per heavy atom. The van der Waals surface area contributed by atoms with Crippen LogP contribution in [0, 0.1) is 0 Å². The lowest BCUT2D eigenvalue weighted by Crippen LogP contribution is -2.23. The van der Waals surface area contributed by atoms with Gasteiger partial charge in [-0.15, -0.1) is 0 Å². The van der Waals surface area contributed by atoms with Crippen molar-refractivity contribution in [1.82, 2.24) is 5.32 Å². The molecule has 1 N–H and O–H groups in total. The minimum absolute atomic E-state index is 0.0646. The van der Waals surface area contributed by atoms with E-state index in [1.54, 1.807) is 12.1 Å². The highest BCUT2D eigenvalue weighted by molar-refractivity contribution is 9.10. The van der Waals surface area contributed by atoms with Crippen LogP contribution in [-0.2, 0) is 0 Å². The maximum absolute atomic E-state index is 11.8. The zero-order chi connectivity index (χ0) is 13.5. The fourth-order valence-electron chi connectivity index (χ4n) is 1.61. The molecule has 96 valence electrons. The number of benzene rings is 2. The second-order valence-electron chi connectivity index (χ2n) is 4.03. The number of halogens is 1. The normalized spacial score (nSPS) is 10.6. The Labute approximate surface area is 121 Å². The van der Waals surface area contributed by atoms with Crippen molar-refractivity contribution >= 4 is 27.9 Å². The number of nitrogens with one attached hydrogen (secondary N) is 1. The van der Waals surface area contributed by atoms with Crippen molar-refractivity contribution in [2.24, 2.45) is 0 Å². The van der Waals surface area contributed by atoms with Crippen LogP contribution in [0.5, 0.6) is 0 Å². The summed E-state index contributed by atoms with van der Waals surface area (Å²) in [6, 6.07) is 17.3. The number of amides is 1. The Bertz CT molecular complexity index is 561. The summed E-state index contributed by atoms with van der Waals surface area (Å²) in [6.45, 7) is 0.518. The van der Waals surface area contributed by atoms with Crippen LogP contribution >= 0.6 is 15.9 Å². The van der Waals surface area contributed by atoms with E-state index in [2.05, 4.69) is 21.2 Å². The maximum atomic E-state index is 11.8. The maximum Gasteiger partial charge on any atom is 0.251 e. The second-order valence-corrected chi connectivity index (χ2v) is 4.95. The first-order valence-electron chi connectivity index (χ1n) is 6.01. The van der Waals surface area contributed by atoms with Crippen molar-refractivity contribution < 1.29 is 4.79 Å². The Balaban J connectivity index is 1.84. The summed E-state index contributed by atoms with van der Waals surface area (Å²) >= 11 is 3.34. The van der Waals surface area contributed by atoms with Crippen LogP contribution in [-0.4, -0.2) is 12.5 Å². The highest BCUT2D eigenvalue weighted by atomic mass is 79.9. The minimum Gasteiger partial charge on any atom is -0.349 e. The molecule has 19 heavy (non-hydrogen) atoms. The van der Waals surface area contributed by atoms with E-state index in [9.17, 15) is 4.79 Å². The highest BCUT2D eigenvalue weighted by Crippen LogP contribution is 2.10. The molecule has 0 saturated heterocycles. The van der Waals surface area contributed by atoms with Gasteiger partial charge in [-0.3, -0.25) is 4.79 Å². The quantitative estimate of drug-likeness (QED) is 0.911. The largest absolute Gasteiger partial charge is 0.349 e. The molecule has 2 aromatic rings. The molecule has 1 amide bonds. The van der Waals surface area contributed by atoms with Gasteiger partial charge in [-0.1, -0.05) is 58.4 Å². The molecule has 0 saturated carbocycles. The molecular formula is C16H14BrNO. The average Bonchev–Trinajstić information content (AvgIpc) is 2.45. The van der Waals surface area contributed by atoms with Gasteiger partial charge in [0.1, 0.15) is 0 Å². The van der Waals surface area contributed by atoms with Crippen LogP contribution in [0.1, 0.15) is 15.9 Å². The van der Waals surface area contributed by atoms with Crippen LogP contribution in [0.2, 0.25) is 0 Å². The van der Waals surface area contributed by atoms with Crippen molar-refractivity contribution in [2.45, 2.75) is 0 Å². The molecular weight excluding hydrogens is 302 g/mol. The van der Waals surface area contributed by atoms with Crippen molar-refractivity contribution in [2.75, 3.05) is 6.54 Å². The van der Waals surface area contributed by atoms with Gasteiger partial charge >= 0.3 is 0 Å². The Morgan fingerprint density at radius 2 is 1.74 bits per heavy atom. The third-order valence-electron chi connectivity index (χ3n) is 2.60. The van der Waals surface area contributed by atoms with Crippen LogP contribution in [0.3, 0.4) is 0 Å². The molecule has 0 fully saturated rings. The van der Waals surface area contributed by atoms with Gasteiger partial charge in [-0.25, -0.2) is 0 Å². The number of carbonyl (C=O) groups excluding carboxylic acids is 1. The Kier molecular flexibility index (Phi) is 4.93. The summed E-state index contributed by atoms with van der Waals surface area (Å²) < 4.78 is 0.966. The Hall–Kier alpha value is -1.87. The molecule has 0 unspecified atom stereocenters. The van der Waals surface area contributed by atoms with Gasteiger partial charge in [-0.05, 0) is 29.8 Å². The van der Waals surface area contributed by atoms with Gasteiger partial charge in [0.15, 0.2) is 0 Å². The number of carbonyl (C=O) groups is 1. The predicted octanol–water partition coefficient (Wildman–Crippen LogP) is 3.89. The molecule has 3 heteroatoms. The lowest BCUT2D eigenvalue weighted by Gasteiger charge is -2.02. The van der Waals surface area contributed by atoms with Gasteiger partial charge in [-0.2, -0.15) is 0 Å². The molecule has 2 rings (SSSR count). The predicted molar refractivity (Wildman–Crippen MR) is 82.0 cm³/mol. The van der Waals surface area contributed by atoms with Gasteiger partial charge in [0, 0.05) is 16.6 Å². The molecule has 0 heterocycles. The highest BCUT2D eigenvalue weighted by Gasteiger charge is 2.02. The molecule has 0 aliphatic heterocycles. The third-order valence-corrected chi connectivity index (χ3v) is 3.13. The van der Waals surface area contributed by atoms with Crippen LogP contribution < -0.4 is 5.32 Å². The van der Waals surface area contributed by atoms with Gasteiger partial charge < -0.3 is 5.32 Å². The minimum atomic E-state index is -0.0646. The SMILES string of the molecule is O=C(NC/C=C/c1ccccc1)c1ccc(Br)cc1. The lowest BCUT2D eigenvalue weighted by molar-refractivity contribution is 0.0958. The number of hydrogen-bond acceptors (Lipinski definition) is 1. The summed E-state index contributed by atoms with van der Waals surface area (Å²) in [5, 5.41) is 2.85. The zero-order valence-electron chi connectivity index (χ0n) is 10.3. The molecule has 0 atom stereocenters. The standard InChI is InChI=1S/C16H14BrNO/c17-15-10-8-14(9-11-15)16(19)18-12-4-7-13-5-2-1-3-6-13/h1-11H,12H2,(H,18,19)/b7-4+. The average molecular weight is 316 g/mol. The summed E-state index contributed by atoms with van der Waals surface area (Å²) in [7, 11) is 0. The molecule has 0 aliphatic rings. The molecule has 2 nitrogen and oxygen atoms in total. The second kappa shape index (κ2) is 6.90. The van der Waals surface area contributed by atoms with E-state index in [0.29, 0.717) is 12.1 Å². The molecule has 0 radical (unpaired) electrons. The van der Waals surface area contributed by atoms with Crippen molar-refractivity contribution in [3.63, 3.8) is 0 Å². The molecule has 0 aromatic heterocycles. The van der Waals surface area contributed by atoms with Crippen LogP contribution in [0.4, 0.5) is 0 Å². The summed E-state index contributed by atoms with van der Waals surface area (Å²) in [4.78, 5) is 11.8. The molecule has 2 aromatic carbocycles. The van der Waals surface area contributed by atoms with Gasteiger partial charge in [0.05, 0.1) is 0 Å². The topological polar surface area (TPSA) is 29.1 Å². The van der Waals surface area contributed by atoms with Crippen LogP contribution in [0.15, 0.2) is 65.1 Å². The van der Waals surface area contributed by atoms with E-state index in [-0.39, 0.29) is 5.91 Å². The van der Waals surface area contributed by atoms with Crippen LogP contribution in [0.25, 0.3) is 6.08 Å². The smallest absolute Gasteiger partial charge is 0.251 e. The fourth-order valence-corrected chi connectivity index (χ4v) is 1.88. The summed E-state index contributed by atoms with van der Waals surface area (Å²) in [5.41, 5.74) is 1.79. The zero-order valence-corrected chi connectivity index (χ0v) is 11.9. The summed E-state index contributed by atoms with van der Waals surface area (Å²) in [6.07, 6.45) is 3.92. The lowest BCUT2D eigenvalue weighted by atomic mass is 10.2.